The van der Waals surface area contributed by atoms with Crippen molar-refractivity contribution in [2.45, 2.75) is 32.2 Å². The number of nitrogens with one attached hydrogen (secondary N) is 1. The summed E-state index contributed by atoms with van der Waals surface area (Å²) in [6, 6.07) is 7.10. The highest BCUT2D eigenvalue weighted by Crippen LogP contribution is 2.27. The Labute approximate surface area is 142 Å². The molecule has 0 spiro atoms. The first-order valence-electron chi connectivity index (χ1n) is 8.65. The van der Waals surface area contributed by atoms with E-state index >= 15 is 0 Å². The number of likely N-dealkylation sites (tertiary alicyclic amines) is 1. The smallest absolute Gasteiger partial charge is 0.318 e. The molecule has 1 aromatic carbocycles. The number of amides is 3. The highest BCUT2D eigenvalue weighted by Gasteiger charge is 2.30. The van der Waals surface area contributed by atoms with E-state index < -0.39 is 6.04 Å². The number of carbonyl (C=O) groups excluding carboxylic acids is 2. The lowest BCUT2D eigenvalue weighted by molar-refractivity contribution is -0.120. The Kier molecular flexibility index (Phi) is 5.04. The third-order valence-corrected chi connectivity index (χ3v) is 4.93. The van der Waals surface area contributed by atoms with Gasteiger partial charge >= 0.3 is 6.03 Å². The van der Waals surface area contributed by atoms with Crippen molar-refractivity contribution in [3.63, 3.8) is 0 Å². The molecule has 24 heavy (non-hydrogen) atoms. The minimum Gasteiger partial charge on any atom is -0.396 e. The van der Waals surface area contributed by atoms with Gasteiger partial charge in [0.15, 0.2) is 0 Å². The molecule has 2 N–H and O–H groups in total. The van der Waals surface area contributed by atoms with Gasteiger partial charge < -0.3 is 20.2 Å². The van der Waals surface area contributed by atoms with Crippen molar-refractivity contribution in [2.75, 3.05) is 31.1 Å². The van der Waals surface area contributed by atoms with Crippen LogP contribution in [-0.4, -0.2) is 54.2 Å². The molecule has 0 saturated carbocycles. The molecule has 2 aliphatic heterocycles. The molecule has 1 fully saturated rings. The van der Waals surface area contributed by atoms with Gasteiger partial charge in [-0.1, -0.05) is 18.2 Å². The molecule has 2 aliphatic rings. The Balaban J connectivity index is 1.59. The van der Waals surface area contributed by atoms with Crippen LogP contribution in [0.5, 0.6) is 0 Å². The van der Waals surface area contributed by atoms with E-state index in [2.05, 4.69) is 5.32 Å². The van der Waals surface area contributed by atoms with Crippen LogP contribution in [0.1, 0.15) is 25.3 Å². The van der Waals surface area contributed by atoms with E-state index in [1.54, 1.807) is 16.7 Å². The van der Waals surface area contributed by atoms with Crippen LogP contribution in [0.15, 0.2) is 24.3 Å². The Morgan fingerprint density at radius 2 is 2.12 bits per heavy atom. The van der Waals surface area contributed by atoms with Crippen LogP contribution in [0.4, 0.5) is 10.5 Å². The van der Waals surface area contributed by atoms with Gasteiger partial charge in [0, 0.05) is 31.9 Å². The number of carbonyl (C=O) groups is 2. The van der Waals surface area contributed by atoms with Crippen molar-refractivity contribution >= 4 is 17.6 Å². The SMILES string of the molecule is CC(NC(=O)N1CCCC(CO)C1)C(=O)N1CCc2ccccc21. The molecule has 2 heterocycles. The summed E-state index contributed by atoms with van der Waals surface area (Å²) in [5.74, 6) is 0.0602. The van der Waals surface area contributed by atoms with Crippen molar-refractivity contribution in [3.8, 4) is 0 Å². The number of anilines is 1. The fourth-order valence-electron chi connectivity index (χ4n) is 3.54. The summed E-state index contributed by atoms with van der Waals surface area (Å²) in [4.78, 5) is 28.6. The summed E-state index contributed by atoms with van der Waals surface area (Å²) >= 11 is 0. The predicted molar refractivity (Wildman–Crippen MR) is 91.9 cm³/mol. The quantitative estimate of drug-likeness (QED) is 0.879. The number of fused-ring (bicyclic) bond motifs is 1. The van der Waals surface area contributed by atoms with E-state index in [4.69, 9.17) is 0 Å². The summed E-state index contributed by atoms with van der Waals surface area (Å²) in [5.41, 5.74) is 2.12. The topological polar surface area (TPSA) is 72.9 Å². The van der Waals surface area contributed by atoms with Gasteiger partial charge in [-0.3, -0.25) is 4.79 Å². The first kappa shape index (κ1) is 16.8. The molecule has 0 aromatic heterocycles. The van der Waals surface area contributed by atoms with Crippen molar-refractivity contribution in [1.29, 1.82) is 0 Å². The van der Waals surface area contributed by atoms with Crippen LogP contribution in [0.2, 0.25) is 0 Å². The zero-order valence-electron chi connectivity index (χ0n) is 14.1. The third kappa shape index (κ3) is 3.38. The van der Waals surface area contributed by atoms with Crippen LogP contribution in [0.3, 0.4) is 0 Å². The lowest BCUT2D eigenvalue weighted by atomic mass is 9.99. The van der Waals surface area contributed by atoms with Crippen LogP contribution in [-0.2, 0) is 11.2 Å². The number of urea groups is 1. The maximum absolute atomic E-state index is 12.7. The minimum atomic E-state index is -0.571. The van der Waals surface area contributed by atoms with Crippen molar-refractivity contribution in [3.05, 3.63) is 29.8 Å². The first-order valence-corrected chi connectivity index (χ1v) is 8.65. The fourth-order valence-corrected chi connectivity index (χ4v) is 3.54. The Hall–Kier alpha value is -2.08. The molecule has 3 rings (SSSR count). The Morgan fingerprint density at radius 3 is 2.92 bits per heavy atom. The average molecular weight is 331 g/mol. The van der Waals surface area contributed by atoms with Gasteiger partial charge in [-0.15, -0.1) is 0 Å². The van der Waals surface area contributed by atoms with Gasteiger partial charge in [0.2, 0.25) is 5.91 Å². The average Bonchev–Trinajstić information content (AvgIpc) is 3.05. The van der Waals surface area contributed by atoms with Gasteiger partial charge in [-0.05, 0) is 43.7 Å². The number of nitrogens with zero attached hydrogens (tertiary/aromatic N) is 2. The molecule has 0 bridgehead atoms. The first-order chi connectivity index (χ1) is 11.6. The van der Waals surface area contributed by atoms with Crippen molar-refractivity contribution in [2.24, 2.45) is 5.92 Å². The normalized spacial score (nSPS) is 21.3. The summed E-state index contributed by atoms with van der Waals surface area (Å²) in [7, 11) is 0. The molecule has 2 unspecified atom stereocenters. The van der Waals surface area contributed by atoms with Crippen LogP contribution in [0, 0.1) is 5.92 Å². The number of rotatable bonds is 3. The zero-order chi connectivity index (χ0) is 17.1. The predicted octanol–water partition coefficient (Wildman–Crippen LogP) is 1.38. The molecule has 130 valence electrons. The summed E-state index contributed by atoms with van der Waals surface area (Å²) in [6.07, 6.45) is 2.69. The molecule has 3 amide bonds. The third-order valence-electron chi connectivity index (χ3n) is 4.93. The van der Waals surface area contributed by atoms with Gasteiger partial charge in [-0.2, -0.15) is 0 Å². The van der Waals surface area contributed by atoms with Crippen molar-refractivity contribution < 1.29 is 14.7 Å². The standard InChI is InChI=1S/C18H25N3O3/c1-13(19-18(24)20-9-4-5-14(11-20)12-22)17(23)21-10-8-15-6-2-3-7-16(15)21/h2-3,6-7,13-14,22H,4-5,8-12H2,1H3,(H,19,24). The monoisotopic (exact) mass is 331 g/mol. The number of hydrogen-bond donors (Lipinski definition) is 2. The Bertz CT molecular complexity index is 619. The van der Waals surface area contributed by atoms with Crippen molar-refractivity contribution in [1.82, 2.24) is 10.2 Å². The maximum atomic E-state index is 12.7. The Morgan fingerprint density at radius 1 is 1.33 bits per heavy atom. The van der Waals surface area contributed by atoms with E-state index in [1.165, 1.54) is 5.56 Å². The van der Waals surface area contributed by atoms with E-state index in [1.807, 2.05) is 24.3 Å². The summed E-state index contributed by atoms with van der Waals surface area (Å²) in [5, 5.41) is 12.1. The van der Waals surface area contributed by atoms with Gasteiger partial charge in [0.1, 0.15) is 6.04 Å². The molecule has 6 heteroatoms. The van der Waals surface area contributed by atoms with Crippen LogP contribution >= 0.6 is 0 Å². The lowest BCUT2D eigenvalue weighted by Crippen LogP contribution is -2.53. The number of benzene rings is 1. The molecule has 1 aromatic rings. The summed E-state index contributed by atoms with van der Waals surface area (Å²) in [6.45, 7) is 3.72. The molecule has 1 saturated heterocycles. The van der Waals surface area contributed by atoms with Crippen LogP contribution < -0.4 is 10.2 Å². The number of aliphatic hydroxyl groups is 1. The van der Waals surface area contributed by atoms with Gasteiger partial charge in [-0.25, -0.2) is 4.79 Å². The largest absolute Gasteiger partial charge is 0.396 e. The molecule has 0 aliphatic carbocycles. The minimum absolute atomic E-state index is 0.0796. The fraction of sp³-hybridized carbons (Fsp3) is 0.556. The van der Waals surface area contributed by atoms with Crippen LogP contribution in [0.25, 0.3) is 0 Å². The highest BCUT2D eigenvalue weighted by molar-refractivity contribution is 6.00. The van der Waals surface area contributed by atoms with E-state index in [0.29, 0.717) is 19.6 Å². The molecule has 6 nitrogen and oxygen atoms in total. The van der Waals surface area contributed by atoms with Gasteiger partial charge in [0.25, 0.3) is 0 Å². The number of aliphatic hydroxyl groups excluding tert-OH is 1. The second-order valence-corrected chi connectivity index (χ2v) is 6.68. The van der Waals surface area contributed by atoms with E-state index in [-0.39, 0.29) is 24.5 Å². The highest BCUT2D eigenvalue weighted by atomic mass is 16.3. The maximum Gasteiger partial charge on any atom is 0.318 e. The van der Waals surface area contributed by atoms with E-state index in [9.17, 15) is 14.7 Å². The molecular formula is C18H25N3O3. The number of para-hydroxylation sites is 1. The second-order valence-electron chi connectivity index (χ2n) is 6.68. The second kappa shape index (κ2) is 7.21. The molecular weight excluding hydrogens is 306 g/mol. The summed E-state index contributed by atoms with van der Waals surface area (Å²) < 4.78 is 0. The number of piperidine rings is 1. The van der Waals surface area contributed by atoms with E-state index in [0.717, 1.165) is 24.9 Å². The molecule has 0 radical (unpaired) electrons. The number of hydrogen-bond acceptors (Lipinski definition) is 3. The van der Waals surface area contributed by atoms with Gasteiger partial charge in [0.05, 0.1) is 0 Å². The lowest BCUT2D eigenvalue weighted by Gasteiger charge is -2.33. The molecule has 2 atom stereocenters. The zero-order valence-corrected chi connectivity index (χ0v) is 14.1.